The van der Waals surface area contributed by atoms with Crippen LogP contribution in [0.2, 0.25) is 0 Å². The Morgan fingerprint density at radius 3 is 2.37 bits per heavy atom. The Balaban J connectivity index is 2.59. The first-order valence-corrected chi connectivity index (χ1v) is 6.67. The number of nitrogens with one attached hydrogen (secondary N) is 1. The van der Waals surface area contributed by atoms with Crippen LogP contribution in [0.1, 0.15) is 6.92 Å². The van der Waals surface area contributed by atoms with Gasteiger partial charge >= 0.3 is 5.97 Å². The molecule has 0 saturated heterocycles. The molecule has 1 amide bonds. The maximum atomic E-state index is 11.5. The van der Waals surface area contributed by atoms with Crippen LogP contribution in [0.5, 0.6) is 5.75 Å². The summed E-state index contributed by atoms with van der Waals surface area (Å²) in [4.78, 5) is 23.5. The van der Waals surface area contributed by atoms with Crippen molar-refractivity contribution in [3.63, 3.8) is 0 Å². The molecule has 0 saturated carbocycles. The van der Waals surface area contributed by atoms with Gasteiger partial charge in [-0.25, -0.2) is 4.79 Å². The second-order valence-electron chi connectivity index (χ2n) is 3.76. The van der Waals surface area contributed by atoms with Gasteiger partial charge in [0, 0.05) is 17.6 Å². The van der Waals surface area contributed by atoms with Gasteiger partial charge in [0.15, 0.2) is 0 Å². The van der Waals surface area contributed by atoms with Gasteiger partial charge in [-0.1, -0.05) is 0 Å². The van der Waals surface area contributed by atoms with E-state index in [0.29, 0.717) is 5.75 Å². The van der Waals surface area contributed by atoms with Crippen molar-refractivity contribution in [1.82, 2.24) is 5.32 Å². The topological polar surface area (TPSA) is 64.6 Å². The van der Waals surface area contributed by atoms with Gasteiger partial charge in [-0.3, -0.25) is 4.79 Å². The fourth-order valence-corrected chi connectivity index (χ4v) is 2.31. The summed E-state index contributed by atoms with van der Waals surface area (Å²) in [5.41, 5.74) is 0. The fourth-order valence-electron chi connectivity index (χ4n) is 1.41. The van der Waals surface area contributed by atoms with Crippen molar-refractivity contribution in [3.05, 3.63) is 24.3 Å². The summed E-state index contributed by atoms with van der Waals surface area (Å²) in [6, 6.07) is 6.83. The van der Waals surface area contributed by atoms with Crippen molar-refractivity contribution in [2.75, 3.05) is 20.0 Å². The van der Waals surface area contributed by atoms with Crippen LogP contribution in [-0.2, 0) is 14.3 Å². The van der Waals surface area contributed by atoms with Gasteiger partial charge in [-0.15, -0.1) is 11.8 Å². The Morgan fingerprint density at radius 2 is 1.89 bits per heavy atom. The highest BCUT2D eigenvalue weighted by molar-refractivity contribution is 7.99. The predicted molar refractivity (Wildman–Crippen MR) is 73.3 cm³/mol. The standard InChI is InChI=1S/C13H17NO4S/c1-9(15)14-12(13(16)18-3)8-19-11-6-4-10(17-2)5-7-11/h4-7,12H,8H2,1-3H3,(H,14,15)/t12-/m0/s1. The highest BCUT2D eigenvalue weighted by Crippen LogP contribution is 2.22. The summed E-state index contributed by atoms with van der Waals surface area (Å²) in [5.74, 6) is 0.483. The lowest BCUT2D eigenvalue weighted by atomic mass is 10.3. The average molecular weight is 283 g/mol. The minimum absolute atomic E-state index is 0.259. The van der Waals surface area contributed by atoms with E-state index in [-0.39, 0.29) is 5.91 Å². The van der Waals surface area contributed by atoms with Crippen molar-refractivity contribution in [2.45, 2.75) is 17.9 Å². The number of amides is 1. The molecule has 0 heterocycles. The average Bonchev–Trinajstić information content (AvgIpc) is 2.42. The lowest BCUT2D eigenvalue weighted by Gasteiger charge is -2.14. The molecule has 1 rings (SSSR count). The Bertz CT molecular complexity index is 433. The molecule has 0 aliphatic rings. The number of rotatable bonds is 6. The SMILES string of the molecule is COC(=O)[C@H](CSc1ccc(OC)cc1)NC(C)=O. The normalized spacial score (nSPS) is 11.5. The molecule has 1 aromatic carbocycles. The predicted octanol–water partition coefficient (Wildman–Crippen LogP) is 1.46. The lowest BCUT2D eigenvalue weighted by molar-refractivity contribution is -0.144. The summed E-state index contributed by atoms with van der Waals surface area (Å²) < 4.78 is 9.71. The molecule has 1 aromatic rings. The first-order chi connectivity index (χ1) is 9.06. The summed E-state index contributed by atoms with van der Waals surface area (Å²) in [5, 5.41) is 2.56. The Kier molecular flexibility index (Phi) is 6.21. The molecule has 5 nitrogen and oxygen atoms in total. The molecule has 0 fully saturated rings. The van der Waals surface area contributed by atoms with Crippen molar-refractivity contribution >= 4 is 23.6 Å². The first-order valence-electron chi connectivity index (χ1n) is 5.68. The number of hydrogen-bond donors (Lipinski definition) is 1. The maximum absolute atomic E-state index is 11.5. The van der Waals surface area contributed by atoms with Crippen LogP contribution < -0.4 is 10.1 Å². The van der Waals surface area contributed by atoms with Gasteiger partial charge in [0.25, 0.3) is 0 Å². The molecule has 0 spiro atoms. The zero-order valence-corrected chi connectivity index (χ0v) is 12.0. The van der Waals surface area contributed by atoms with E-state index in [2.05, 4.69) is 10.1 Å². The van der Waals surface area contributed by atoms with E-state index < -0.39 is 12.0 Å². The summed E-state index contributed by atoms with van der Waals surface area (Å²) >= 11 is 1.46. The number of benzene rings is 1. The van der Waals surface area contributed by atoms with Crippen LogP contribution in [0, 0.1) is 0 Å². The van der Waals surface area contributed by atoms with Crippen molar-refractivity contribution in [2.24, 2.45) is 0 Å². The molecule has 6 heteroatoms. The Morgan fingerprint density at radius 1 is 1.26 bits per heavy atom. The molecular weight excluding hydrogens is 266 g/mol. The highest BCUT2D eigenvalue weighted by atomic mass is 32.2. The third-order valence-electron chi connectivity index (χ3n) is 2.34. The van der Waals surface area contributed by atoms with Crippen molar-refractivity contribution in [1.29, 1.82) is 0 Å². The number of methoxy groups -OCH3 is 2. The second-order valence-corrected chi connectivity index (χ2v) is 4.86. The van der Waals surface area contributed by atoms with E-state index in [9.17, 15) is 9.59 Å². The van der Waals surface area contributed by atoms with Crippen molar-refractivity contribution < 1.29 is 19.1 Å². The van der Waals surface area contributed by atoms with Crippen LogP contribution in [0.3, 0.4) is 0 Å². The van der Waals surface area contributed by atoms with E-state index in [1.54, 1.807) is 7.11 Å². The van der Waals surface area contributed by atoms with E-state index in [1.807, 2.05) is 24.3 Å². The van der Waals surface area contributed by atoms with Gasteiger partial charge in [-0.05, 0) is 24.3 Å². The number of thioether (sulfide) groups is 1. The van der Waals surface area contributed by atoms with Gasteiger partial charge in [0.2, 0.25) is 5.91 Å². The minimum Gasteiger partial charge on any atom is -0.497 e. The number of ether oxygens (including phenoxy) is 2. The molecular formula is C13H17NO4S. The number of hydrogen-bond acceptors (Lipinski definition) is 5. The molecule has 0 aliphatic carbocycles. The molecule has 19 heavy (non-hydrogen) atoms. The molecule has 0 unspecified atom stereocenters. The number of esters is 1. The molecule has 104 valence electrons. The monoisotopic (exact) mass is 283 g/mol. The third kappa shape index (κ3) is 5.21. The number of carbonyl (C=O) groups excluding carboxylic acids is 2. The van der Waals surface area contributed by atoms with Crippen LogP contribution in [0.15, 0.2) is 29.2 Å². The van der Waals surface area contributed by atoms with Gasteiger partial charge in [0.1, 0.15) is 11.8 Å². The maximum Gasteiger partial charge on any atom is 0.329 e. The van der Waals surface area contributed by atoms with Crippen LogP contribution >= 0.6 is 11.8 Å². The third-order valence-corrected chi connectivity index (χ3v) is 3.44. The van der Waals surface area contributed by atoms with E-state index in [0.717, 1.165) is 10.6 Å². The molecule has 1 atom stereocenters. The van der Waals surface area contributed by atoms with E-state index >= 15 is 0 Å². The van der Waals surface area contributed by atoms with Crippen LogP contribution in [-0.4, -0.2) is 37.9 Å². The van der Waals surface area contributed by atoms with E-state index in [1.165, 1.54) is 25.8 Å². The number of carbonyl (C=O) groups is 2. The molecule has 0 bridgehead atoms. The minimum atomic E-state index is -0.644. The fraction of sp³-hybridized carbons (Fsp3) is 0.385. The second kappa shape index (κ2) is 7.68. The van der Waals surface area contributed by atoms with Gasteiger partial charge in [-0.2, -0.15) is 0 Å². The lowest BCUT2D eigenvalue weighted by Crippen LogP contribution is -2.42. The Hall–Kier alpha value is -1.69. The van der Waals surface area contributed by atoms with Crippen LogP contribution in [0.4, 0.5) is 0 Å². The molecule has 0 radical (unpaired) electrons. The van der Waals surface area contributed by atoms with E-state index in [4.69, 9.17) is 4.74 Å². The zero-order chi connectivity index (χ0) is 14.3. The zero-order valence-electron chi connectivity index (χ0n) is 11.1. The van der Waals surface area contributed by atoms with Crippen molar-refractivity contribution in [3.8, 4) is 5.75 Å². The smallest absolute Gasteiger partial charge is 0.329 e. The van der Waals surface area contributed by atoms with Gasteiger partial charge < -0.3 is 14.8 Å². The highest BCUT2D eigenvalue weighted by Gasteiger charge is 2.20. The van der Waals surface area contributed by atoms with Gasteiger partial charge in [0.05, 0.1) is 14.2 Å². The quantitative estimate of drug-likeness (QED) is 0.632. The summed E-state index contributed by atoms with van der Waals surface area (Å²) in [6.45, 7) is 1.37. The largest absolute Gasteiger partial charge is 0.497 e. The molecule has 0 aromatic heterocycles. The Labute approximate surface area is 116 Å². The first kappa shape index (κ1) is 15.4. The summed E-state index contributed by atoms with van der Waals surface area (Å²) in [7, 11) is 2.90. The van der Waals surface area contributed by atoms with Crippen LogP contribution in [0.25, 0.3) is 0 Å². The summed E-state index contributed by atoms with van der Waals surface area (Å²) in [6.07, 6.45) is 0. The molecule has 1 N–H and O–H groups in total. The molecule has 0 aliphatic heterocycles.